The van der Waals surface area contributed by atoms with E-state index < -0.39 is 0 Å². The molecule has 0 saturated heterocycles. The van der Waals surface area contributed by atoms with Crippen LogP contribution in [-0.4, -0.2) is 12.6 Å². The largest absolute Gasteiger partial charge is 0.465 e. The van der Waals surface area contributed by atoms with Crippen LogP contribution in [0, 0.1) is 34.0 Å². The molecular formula is C24H48O2. The minimum Gasteiger partial charge on any atom is -0.465 e. The van der Waals surface area contributed by atoms with Crippen LogP contribution in [0.3, 0.4) is 0 Å². The molecule has 3 atom stereocenters. The number of esters is 1. The standard InChI is InChI=1S/C24H48O2/c1-18(16-23(6,7)8)12-13-20(19(2)17-24(9,10)11)21(25)26-15-14-22(3,4)5/h18-20H,12-17H2,1-11H3. The van der Waals surface area contributed by atoms with Crippen LogP contribution in [-0.2, 0) is 9.53 Å². The van der Waals surface area contributed by atoms with E-state index in [2.05, 4.69) is 76.2 Å². The molecule has 0 N–H and O–H groups in total. The normalized spacial score (nSPS) is 16.9. The van der Waals surface area contributed by atoms with E-state index >= 15 is 0 Å². The van der Waals surface area contributed by atoms with Gasteiger partial charge in [-0.3, -0.25) is 4.79 Å². The van der Waals surface area contributed by atoms with E-state index in [9.17, 15) is 4.79 Å². The predicted octanol–water partition coefficient (Wildman–Crippen LogP) is 7.51. The van der Waals surface area contributed by atoms with Gasteiger partial charge in [0.15, 0.2) is 0 Å². The van der Waals surface area contributed by atoms with Crippen LogP contribution in [0.15, 0.2) is 0 Å². The van der Waals surface area contributed by atoms with Gasteiger partial charge in [0.2, 0.25) is 0 Å². The van der Waals surface area contributed by atoms with Crippen molar-refractivity contribution in [3.8, 4) is 0 Å². The van der Waals surface area contributed by atoms with Crippen molar-refractivity contribution in [3.05, 3.63) is 0 Å². The lowest BCUT2D eigenvalue weighted by molar-refractivity contribution is -0.151. The molecule has 0 bridgehead atoms. The van der Waals surface area contributed by atoms with Gasteiger partial charge in [0.25, 0.3) is 0 Å². The summed E-state index contributed by atoms with van der Waals surface area (Å²) in [6.45, 7) is 25.3. The van der Waals surface area contributed by atoms with Gasteiger partial charge in [0, 0.05) is 0 Å². The summed E-state index contributed by atoms with van der Waals surface area (Å²) in [4.78, 5) is 12.8. The van der Waals surface area contributed by atoms with Crippen molar-refractivity contribution in [1.29, 1.82) is 0 Å². The van der Waals surface area contributed by atoms with Crippen LogP contribution in [0.25, 0.3) is 0 Å². The molecule has 0 heterocycles. The molecule has 0 spiro atoms. The molecule has 2 nitrogen and oxygen atoms in total. The number of rotatable bonds is 9. The van der Waals surface area contributed by atoms with Gasteiger partial charge in [-0.05, 0) is 60.2 Å². The van der Waals surface area contributed by atoms with Gasteiger partial charge >= 0.3 is 5.97 Å². The van der Waals surface area contributed by atoms with Crippen molar-refractivity contribution in [2.24, 2.45) is 34.0 Å². The molecule has 0 saturated carbocycles. The lowest BCUT2D eigenvalue weighted by Gasteiger charge is -2.30. The Balaban J connectivity index is 4.86. The molecule has 2 heteroatoms. The molecule has 0 radical (unpaired) electrons. The first-order valence-corrected chi connectivity index (χ1v) is 10.7. The average Bonchev–Trinajstić information content (AvgIpc) is 2.32. The van der Waals surface area contributed by atoms with Gasteiger partial charge in [-0.25, -0.2) is 0 Å². The van der Waals surface area contributed by atoms with Crippen molar-refractivity contribution in [2.45, 2.75) is 108 Å². The summed E-state index contributed by atoms with van der Waals surface area (Å²) in [5.41, 5.74) is 0.785. The van der Waals surface area contributed by atoms with E-state index in [4.69, 9.17) is 4.74 Å². The number of hydrogen-bond acceptors (Lipinski definition) is 2. The highest BCUT2D eigenvalue weighted by Gasteiger charge is 2.30. The lowest BCUT2D eigenvalue weighted by Crippen LogP contribution is -2.29. The van der Waals surface area contributed by atoms with Crippen molar-refractivity contribution < 1.29 is 9.53 Å². The van der Waals surface area contributed by atoms with Crippen LogP contribution in [0.4, 0.5) is 0 Å². The molecule has 3 unspecified atom stereocenters. The summed E-state index contributed by atoms with van der Waals surface area (Å²) in [6, 6.07) is 0. The van der Waals surface area contributed by atoms with Gasteiger partial charge in [-0.1, -0.05) is 76.2 Å². The summed E-state index contributed by atoms with van der Waals surface area (Å²) < 4.78 is 5.71. The maximum absolute atomic E-state index is 12.8. The maximum atomic E-state index is 12.8. The molecule has 0 aliphatic rings. The van der Waals surface area contributed by atoms with Crippen LogP contribution < -0.4 is 0 Å². The third-order valence-corrected chi connectivity index (χ3v) is 4.95. The van der Waals surface area contributed by atoms with Crippen molar-refractivity contribution in [3.63, 3.8) is 0 Å². The van der Waals surface area contributed by atoms with Crippen molar-refractivity contribution >= 4 is 5.97 Å². The third-order valence-electron chi connectivity index (χ3n) is 4.95. The predicted molar refractivity (Wildman–Crippen MR) is 114 cm³/mol. The Bertz CT molecular complexity index is 403. The first-order valence-electron chi connectivity index (χ1n) is 10.7. The summed E-state index contributed by atoms with van der Waals surface area (Å²) >= 11 is 0. The maximum Gasteiger partial charge on any atom is 0.309 e. The fourth-order valence-electron chi connectivity index (χ4n) is 3.92. The Hall–Kier alpha value is -0.530. The van der Waals surface area contributed by atoms with Gasteiger partial charge in [-0.15, -0.1) is 0 Å². The minimum atomic E-state index is 0.0222. The van der Waals surface area contributed by atoms with Gasteiger partial charge in [0.1, 0.15) is 0 Å². The summed E-state index contributed by atoms with van der Waals surface area (Å²) in [7, 11) is 0. The van der Waals surface area contributed by atoms with E-state index in [0.29, 0.717) is 23.9 Å². The van der Waals surface area contributed by atoms with Crippen LogP contribution >= 0.6 is 0 Å². The average molecular weight is 369 g/mol. The fraction of sp³-hybridized carbons (Fsp3) is 0.958. The molecule has 0 aromatic rings. The zero-order valence-electron chi connectivity index (χ0n) is 19.8. The van der Waals surface area contributed by atoms with Crippen LogP contribution in [0.5, 0.6) is 0 Å². The number of carbonyl (C=O) groups is 1. The topological polar surface area (TPSA) is 26.3 Å². The smallest absolute Gasteiger partial charge is 0.309 e. The molecule has 0 aliphatic carbocycles. The highest BCUT2D eigenvalue weighted by molar-refractivity contribution is 5.72. The fourth-order valence-corrected chi connectivity index (χ4v) is 3.92. The van der Waals surface area contributed by atoms with Gasteiger partial charge < -0.3 is 4.74 Å². The molecule has 0 rings (SSSR count). The number of hydrogen-bond donors (Lipinski definition) is 0. The second kappa shape index (κ2) is 10.1. The van der Waals surface area contributed by atoms with E-state index in [-0.39, 0.29) is 22.7 Å². The summed E-state index contributed by atoms with van der Waals surface area (Å²) in [5, 5.41) is 0. The van der Waals surface area contributed by atoms with Gasteiger partial charge in [0.05, 0.1) is 12.5 Å². The van der Waals surface area contributed by atoms with Crippen molar-refractivity contribution in [2.75, 3.05) is 6.61 Å². The molecular weight excluding hydrogens is 320 g/mol. The molecule has 0 aromatic carbocycles. The monoisotopic (exact) mass is 368 g/mol. The van der Waals surface area contributed by atoms with E-state index in [1.807, 2.05) is 0 Å². The minimum absolute atomic E-state index is 0.0222. The quantitative estimate of drug-likeness (QED) is 0.394. The van der Waals surface area contributed by atoms with E-state index in [1.54, 1.807) is 0 Å². The molecule has 0 aliphatic heterocycles. The SMILES string of the molecule is CC(CCC(C(=O)OCCC(C)(C)C)C(C)CC(C)(C)C)CC(C)(C)C. The first kappa shape index (κ1) is 25.5. The molecule has 0 aromatic heterocycles. The molecule has 26 heavy (non-hydrogen) atoms. The van der Waals surface area contributed by atoms with Crippen LogP contribution in [0.1, 0.15) is 108 Å². The zero-order valence-corrected chi connectivity index (χ0v) is 19.8. The van der Waals surface area contributed by atoms with Gasteiger partial charge in [-0.2, -0.15) is 0 Å². The second-order valence-corrected chi connectivity index (χ2v) is 12.3. The Morgan fingerprint density at radius 2 is 1.27 bits per heavy atom. The number of ether oxygens (including phenoxy) is 1. The summed E-state index contributed by atoms with van der Waals surface area (Å²) in [5.74, 6) is 1.05. The van der Waals surface area contributed by atoms with E-state index in [1.165, 1.54) is 6.42 Å². The highest BCUT2D eigenvalue weighted by Crippen LogP contribution is 2.34. The second-order valence-electron chi connectivity index (χ2n) is 12.3. The zero-order chi connectivity index (χ0) is 20.8. The Morgan fingerprint density at radius 1 is 0.769 bits per heavy atom. The lowest BCUT2D eigenvalue weighted by atomic mass is 9.76. The Labute approximate surface area is 164 Å². The highest BCUT2D eigenvalue weighted by atomic mass is 16.5. The third kappa shape index (κ3) is 13.6. The molecule has 156 valence electrons. The Morgan fingerprint density at radius 3 is 1.69 bits per heavy atom. The van der Waals surface area contributed by atoms with Crippen molar-refractivity contribution in [1.82, 2.24) is 0 Å². The van der Waals surface area contributed by atoms with Crippen LogP contribution in [0.2, 0.25) is 0 Å². The Kier molecular flexibility index (Phi) is 9.93. The molecule has 0 fully saturated rings. The van der Waals surface area contributed by atoms with E-state index in [0.717, 1.165) is 25.7 Å². The summed E-state index contributed by atoms with van der Waals surface area (Å²) in [6.07, 6.45) is 5.22. The first-order chi connectivity index (χ1) is 11.5. The number of carbonyl (C=O) groups excluding carboxylic acids is 1. The molecule has 0 amide bonds.